The van der Waals surface area contributed by atoms with Gasteiger partial charge in [-0.25, -0.2) is 0 Å². The van der Waals surface area contributed by atoms with Crippen molar-refractivity contribution in [1.82, 2.24) is 10.3 Å². The maximum atomic E-state index is 12.5. The van der Waals surface area contributed by atoms with Crippen molar-refractivity contribution in [2.45, 2.75) is 37.8 Å². The molecule has 1 heterocycles. The lowest BCUT2D eigenvalue weighted by Gasteiger charge is -2.26. The third-order valence-electron chi connectivity index (χ3n) is 4.43. The monoisotopic (exact) mass is 326 g/mol. The van der Waals surface area contributed by atoms with Gasteiger partial charge >= 0.3 is 0 Å². The normalized spacial score (nSPS) is 20.4. The van der Waals surface area contributed by atoms with E-state index in [4.69, 9.17) is 4.74 Å². The fourth-order valence-electron chi connectivity index (χ4n) is 3.06. The second kappa shape index (κ2) is 7.45. The lowest BCUT2D eigenvalue weighted by Crippen LogP contribution is -2.38. The Bertz CT molecular complexity index is 695. The van der Waals surface area contributed by atoms with Crippen LogP contribution in [0.3, 0.4) is 0 Å². The van der Waals surface area contributed by atoms with Crippen LogP contribution in [0.5, 0.6) is 5.75 Å². The number of rotatable bonds is 4. The molecule has 5 heteroatoms. The van der Waals surface area contributed by atoms with Crippen LogP contribution in [-0.2, 0) is 0 Å². The first kappa shape index (κ1) is 16.5. The minimum atomic E-state index is -0.227. The Morgan fingerprint density at radius 3 is 2.67 bits per heavy atom. The second-order valence-electron chi connectivity index (χ2n) is 6.11. The van der Waals surface area contributed by atoms with Crippen molar-refractivity contribution in [3.63, 3.8) is 0 Å². The van der Waals surface area contributed by atoms with Crippen LogP contribution in [0.15, 0.2) is 42.6 Å². The first-order chi connectivity index (χ1) is 11.7. The molecule has 1 aromatic heterocycles. The number of nitrogens with one attached hydrogen (secondary N) is 1. The summed E-state index contributed by atoms with van der Waals surface area (Å²) < 4.78 is 5.40. The highest BCUT2D eigenvalue weighted by atomic mass is 16.5. The Balaban J connectivity index is 1.80. The van der Waals surface area contributed by atoms with Crippen molar-refractivity contribution in [1.29, 1.82) is 0 Å². The highest BCUT2D eigenvalue weighted by Gasteiger charge is 2.21. The molecule has 2 N–H and O–H groups in total. The molecule has 0 radical (unpaired) electrons. The number of pyridine rings is 1. The molecule has 1 fully saturated rings. The van der Waals surface area contributed by atoms with Gasteiger partial charge in [0.2, 0.25) is 0 Å². The van der Waals surface area contributed by atoms with Gasteiger partial charge in [-0.1, -0.05) is 6.07 Å². The maximum Gasteiger partial charge on any atom is 0.251 e. The van der Waals surface area contributed by atoms with E-state index in [0.29, 0.717) is 11.3 Å². The predicted molar refractivity (Wildman–Crippen MR) is 92.0 cm³/mol. The summed E-state index contributed by atoms with van der Waals surface area (Å²) in [5.41, 5.74) is 2.15. The smallest absolute Gasteiger partial charge is 0.251 e. The van der Waals surface area contributed by atoms with Crippen LogP contribution in [0.1, 0.15) is 36.0 Å². The van der Waals surface area contributed by atoms with Crippen molar-refractivity contribution in [2.24, 2.45) is 0 Å². The van der Waals surface area contributed by atoms with E-state index in [1.54, 1.807) is 25.4 Å². The van der Waals surface area contributed by atoms with Gasteiger partial charge in [-0.15, -0.1) is 0 Å². The molecule has 3 rings (SSSR count). The van der Waals surface area contributed by atoms with E-state index in [1.165, 1.54) is 0 Å². The number of carbonyl (C=O) groups excluding carboxylic acids is 1. The van der Waals surface area contributed by atoms with Crippen molar-refractivity contribution in [3.05, 3.63) is 48.2 Å². The first-order valence-corrected chi connectivity index (χ1v) is 8.25. The number of aliphatic hydroxyl groups is 1. The van der Waals surface area contributed by atoms with E-state index in [1.807, 2.05) is 24.3 Å². The molecule has 2 aromatic rings. The first-order valence-electron chi connectivity index (χ1n) is 8.25. The fourth-order valence-corrected chi connectivity index (χ4v) is 3.06. The number of carbonyl (C=O) groups is 1. The fraction of sp³-hybridized carbons (Fsp3) is 0.368. The van der Waals surface area contributed by atoms with E-state index in [2.05, 4.69) is 10.3 Å². The van der Waals surface area contributed by atoms with Gasteiger partial charge in [0, 0.05) is 23.4 Å². The Hall–Kier alpha value is -2.40. The molecule has 126 valence electrons. The molecule has 0 unspecified atom stereocenters. The molecule has 5 nitrogen and oxygen atoms in total. The molecule has 1 aromatic carbocycles. The van der Waals surface area contributed by atoms with Crippen molar-refractivity contribution in [3.8, 4) is 17.0 Å². The van der Waals surface area contributed by atoms with Gasteiger partial charge in [0.05, 0.1) is 18.9 Å². The van der Waals surface area contributed by atoms with Gasteiger partial charge < -0.3 is 15.2 Å². The van der Waals surface area contributed by atoms with Crippen molar-refractivity contribution < 1.29 is 14.6 Å². The zero-order valence-electron chi connectivity index (χ0n) is 13.7. The lowest BCUT2D eigenvalue weighted by molar-refractivity contribution is 0.0867. The minimum absolute atomic E-state index is 0.101. The molecule has 0 bridgehead atoms. The number of hydrogen-bond acceptors (Lipinski definition) is 4. The van der Waals surface area contributed by atoms with Gasteiger partial charge in [-0.2, -0.15) is 0 Å². The third kappa shape index (κ3) is 3.74. The Morgan fingerprint density at radius 1 is 1.21 bits per heavy atom. The molecule has 0 spiro atoms. The van der Waals surface area contributed by atoms with Crippen LogP contribution in [0.4, 0.5) is 0 Å². The summed E-state index contributed by atoms with van der Waals surface area (Å²) in [6.45, 7) is 0. The summed E-state index contributed by atoms with van der Waals surface area (Å²) in [4.78, 5) is 16.9. The molecule has 0 aliphatic heterocycles. The maximum absolute atomic E-state index is 12.5. The molecular weight excluding hydrogens is 304 g/mol. The Kier molecular flexibility index (Phi) is 5.11. The van der Waals surface area contributed by atoms with E-state index in [9.17, 15) is 9.90 Å². The zero-order valence-corrected chi connectivity index (χ0v) is 13.7. The topological polar surface area (TPSA) is 71.5 Å². The van der Waals surface area contributed by atoms with Crippen LogP contribution in [0.25, 0.3) is 11.3 Å². The van der Waals surface area contributed by atoms with Crippen LogP contribution in [0, 0.1) is 0 Å². The molecule has 1 saturated carbocycles. The summed E-state index contributed by atoms with van der Waals surface area (Å²) in [5, 5.41) is 12.6. The summed E-state index contributed by atoms with van der Waals surface area (Å²) in [6.07, 6.45) is 4.61. The molecular formula is C19H22N2O3. The number of benzene rings is 1. The summed E-state index contributed by atoms with van der Waals surface area (Å²) >= 11 is 0. The summed E-state index contributed by atoms with van der Waals surface area (Å²) in [5.74, 6) is 0.585. The molecule has 24 heavy (non-hydrogen) atoms. The SMILES string of the molecule is COc1ccc(C(=O)NC2CCC(O)CC2)cc1-c1ccccn1. The summed E-state index contributed by atoms with van der Waals surface area (Å²) in [6, 6.07) is 11.1. The number of nitrogens with zero attached hydrogens (tertiary/aromatic N) is 1. The molecule has 1 amide bonds. The van der Waals surface area contributed by atoms with Gasteiger partial charge in [-0.3, -0.25) is 9.78 Å². The van der Waals surface area contributed by atoms with E-state index < -0.39 is 0 Å². The number of aromatic nitrogens is 1. The average Bonchev–Trinajstić information content (AvgIpc) is 2.63. The van der Waals surface area contributed by atoms with Gasteiger partial charge in [0.25, 0.3) is 5.91 Å². The highest BCUT2D eigenvalue weighted by Crippen LogP contribution is 2.29. The largest absolute Gasteiger partial charge is 0.496 e. The second-order valence-corrected chi connectivity index (χ2v) is 6.11. The molecule has 0 atom stereocenters. The predicted octanol–water partition coefficient (Wildman–Crippen LogP) is 2.79. The van der Waals surface area contributed by atoms with Gasteiger partial charge in [0.1, 0.15) is 5.75 Å². The molecule has 1 aliphatic carbocycles. The number of ether oxygens (including phenoxy) is 1. The van der Waals surface area contributed by atoms with Crippen molar-refractivity contribution in [2.75, 3.05) is 7.11 Å². The number of amides is 1. The lowest BCUT2D eigenvalue weighted by atomic mass is 9.93. The van der Waals surface area contributed by atoms with E-state index in [-0.39, 0.29) is 18.1 Å². The quantitative estimate of drug-likeness (QED) is 0.906. The van der Waals surface area contributed by atoms with Crippen molar-refractivity contribution >= 4 is 5.91 Å². The molecule has 1 aliphatic rings. The van der Waals surface area contributed by atoms with Gasteiger partial charge in [0.15, 0.2) is 0 Å². The zero-order chi connectivity index (χ0) is 16.9. The van der Waals surface area contributed by atoms with Crippen LogP contribution < -0.4 is 10.1 Å². The van der Waals surface area contributed by atoms with E-state index in [0.717, 1.165) is 36.9 Å². The minimum Gasteiger partial charge on any atom is -0.496 e. The highest BCUT2D eigenvalue weighted by molar-refractivity contribution is 5.96. The average molecular weight is 326 g/mol. The van der Waals surface area contributed by atoms with Crippen LogP contribution >= 0.6 is 0 Å². The van der Waals surface area contributed by atoms with E-state index >= 15 is 0 Å². The Labute approximate surface area is 141 Å². The number of aliphatic hydroxyl groups excluding tert-OH is 1. The number of methoxy groups -OCH3 is 1. The van der Waals surface area contributed by atoms with Crippen LogP contribution in [-0.4, -0.2) is 35.3 Å². The molecule has 0 saturated heterocycles. The standard InChI is InChI=1S/C19H22N2O3/c1-24-18-10-5-13(12-16(18)17-4-2-3-11-20-17)19(23)21-14-6-8-15(22)9-7-14/h2-5,10-12,14-15,22H,6-9H2,1H3,(H,21,23). The number of hydrogen-bond donors (Lipinski definition) is 2. The van der Waals surface area contributed by atoms with Gasteiger partial charge in [-0.05, 0) is 56.0 Å². The third-order valence-corrected chi connectivity index (χ3v) is 4.43. The van der Waals surface area contributed by atoms with Crippen LogP contribution in [0.2, 0.25) is 0 Å². The summed E-state index contributed by atoms with van der Waals surface area (Å²) in [7, 11) is 1.61. The Morgan fingerprint density at radius 2 is 2.00 bits per heavy atom.